The van der Waals surface area contributed by atoms with Crippen LogP contribution in [0.5, 0.6) is 5.75 Å². The van der Waals surface area contributed by atoms with E-state index in [9.17, 15) is 4.79 Å². The molecule has 2 heterocycles. The zero-order valence-corrected chi connectivity index (χ0v) is 13.7. The van der Waals surface area contributed by atoms with Crippen LogP contribution in [0, 0.1) is 0 Å². The summed E-state index contributed by atoms with van der Waals surface area (Å²) in [6.07, 6.45) is 3.67. The number of hydrogen-bond donors (Lipinski definition) is 0. The largest absolute Gasteiger partial charge is 0.496 e. The maximum atomic E-state index is 12.6. The van der Waals surface area contributed by atoms with Crippen LogP contribution in [-0.2, 0) is 12.8 Å². The molecule has 0 bridgehead atoms. The Bertz CT molecular complexity index is 932. The number of ether oxygens (including phenoxy) is 1. The minimum atomic E-state index is 0.0738. The number of carbonyl (C=O) groups excluding carboxylic acids is 1. The van der Waals surface area contributed by atoms with E-state index in [-0.39, 0.29) is 11.7 Å². The number of nitrogens with zero attached hydrogens (tertiary/aromatic N) is 4. The highest BCUT2D eigenvalue weighted by Crippen LogP contribution is 2.36. The molecule has 0 unspecified atom stereocenters. The lowest BCUT2D eigenvalue weighted by atomic mass is 9.82. The smallest absolute Gasteiger partial charge is 0.252 e. The Labute approximate surface area is 139 Å². The molecular weight excluding hydrogens is 304 g/mol. The summed E-state index contributed by atoms with van der Waals surface area (Å²) in [7, 11) is 1.65. The van der Waals surface area contributed by atoms with Gasteiger partial charge in [-0.3, -0.25) is 4.79 Å². The SMILES string of the molecule is CCc1nc2nc3c(cn2n1)C(=O)C[C@@H](c1ccccc1OC)C3. The fourth-order valence-corrected chi connectivity index (χ4v) is 3.30. The number of Topliss-reactive ketones (excluding diaryl/α,β-unsaturated/α-hetero) is 1. The van der Waals surface area contributed by atoms with Gasteiger partial charge >= 0.3 is 0 Å². The Morgan fingerprint density at radius 1 is 1.25 bits per heavy atom. The van der Waals surface area contributed by atoms with E-state index < -0.39 is 0 Å². The average Bonchev–Trinajstić information content (AvgIpc) is 3.02. The van der Waals surface area contributed by atoms with Gasteiger partial charge in [0.2, 0.25) is 0 Å². The maximum absolute atomic E-state index is 12.6. The van der Waals surface area contributed by atoms with Gasteiger partial charge in [-0.1, -0.05) is 25.1 Å². The highest BCUT2D eigenvalue weighted by Gasteiger charge is 2.30. The first-order chi connectivity index (χ1) is 11.7. The molecular formula is C18H18N4O2. The van der Waals surface area contributed by atoms with Crippen molar-refractivity contribution in [3.63, 3.8) is 0 Å². The first-order valence-electron chi connectivity index (χ1n) is 8.11. The number of methoxy groups -OCH3 is 1. The van der Waals surface area contributed by atoms with Crippen molar-refractivity contribution in [3.8, 4) is 5.75 Å². The standard InChI is InChI=1S/C18H18N4O2/c1-3-17-20-18-19-14-8-11(12-6-4-5-7-16(12)24-2)9-15(23)13(14)10-22(18)21-17/h4-7,10-11H,3,8-9H2,1-2H3/t11-/m0/s1. The Morgan fingerprint density at radius 2 is 2.08 bits per heavy atom. The average molecular weight is 322 g/mol. The van der Waals surface area contributed by atoms with Crippen LogP contribution in [0.15, 0.2) is 30.5 Å². The fraction of sp³-hybridized carbons (Fsp3) is 0.333. The summed E-state index contributed by atoms with van der Waals surface area (Å²) >= 11 is 0. The number of para-hydroxylation sites is 1. The van der Waals surface area contributed by atoms with Gasteiger partial charge in [0.05, 0.1) is 18.4 Å². The van der Waals surface area contributed by atoms with Crippen molar-refractivity contribution in [2.75, 3.05) is 7.11 Å². The third-order valence-electron chi connectivity index (χ3n) is 4.52. The molecule has 1 atom stereocenters. The molecule has 6 nitrogen and oxygen atoms in total. The molecule has 1 aromatic carbocycles. The molecule has 0 saturated carbocycles. The van der Waals surface area contributed by atoms with E-state index in [4.69, 9.17) is 4.74 Å². The summed E-state index contributed by atoms with van der Waals surface area (Å²) in [5, 5.41) is 4.35. The third-order valence-corrected chi connectivity index (χ3v) is 4.52. The number of aryl methyl sites for hydroxylation is 1. The summed E-state index contributed by atoms with van der Waals surface area (Å²) in [4.78, 5) is 21.6. The summed E-state index contributed by atoms with van der Waals surface area (Å²) in [5.74, 6) is 2.27. The second-order valence-electron chi connectivity index (χ2n) is 6.00. The van der Waals surface area contributed by atoms with Gasteiger partial charge in [0.1, 0.15) is 5.75 Å². The highest BCUT2D eigenvalue weighted by atomic mass is 16.5. The maximum Gasteiger partial charge on any atom is 0.252 e. The van der Waals surface area contributed by atoms with Crippen LogP contribution in [0.2, 0.25) is 0 Å². The molecule has 0 spiro atoms. The lowest BCUT2D eigenvalue weighted by molar-refractivity contribution is 0.0962. The van der Waals surface area contributed by atoms with Crippen molar-refractivity contribution in [1.29, 1.82) is 0 Å². The normalized spacial score (nSPS) is 17.1. The zero-order valence-electron chi connectivity index (χ0n) is 13.7. The van der Waals surface area contributed by atoms with E-state index in [1.54, 1.807) is 17.8 Å². The molecule has 2 aromatic heterocycles. The van der Waals surface area contributed by atoms with Crippen molar-refractivity contribution in [2.24, 2.45) is 0 Å². The molecule has 24 heavy (non-hydrogen) atoms. The van der Waals surface area contributed by atoms with E-state index in [1.807, 2.05) is 31.2 Å². The number of benzene rings is 1. The molecule has 3 aromatic rings. The summed E-state index contributed by atoms with van der Waals surface area (Å²) in [5.41, 5.74) is 2.50. The minimum Gasteiger partial charge on any atom is -0.496 e. The topological polar surface area (TPSA) is 69.4 Å². The molecule has 0 N–H and O–H groups in total. The Morgan fingerprint density at radius 3 is 2.88 bits per heavy atom. The highest BCUT2D eigenvalue weighted by molar-refractivity contribution is 5.98. The van der Waals surface area contributed by atoms with E-state index in [0.29, 0.717) is 24.2 Å². The van der Waals surface area contributed by atoms with Gasteiger partial charge in [0, 0.05) is 25.0 Å². The molecule has 1 aliphatic rings. The Kier molecular flexibility index (Phi) is 3.52. The first kappa shape index (κ1) is 14.8. The van der Waals surface area contributed by atoms with Gasteiger partial charge in [-0.15, -0.1) is 5.10 Å². The molecule has 6 heteroatoms. The van der Waals surface area contributed by atoms with Crippen molar-refractivity contribution < 1.29 is 9.53 Å². The molecule has 0 fully saturated rings. The van der Waals surface area contributed by atoms with Crippen LogP contribution in [0.3, 0.4) is 0 Å². The minimum absolute atomic E-state index is 0.0738. The van der Waals surface area contributed by atoms with Gasteiger partial charge in [0.15, 0.2) is 11.6 Å². The second-order valence-corrected chi connectivity index (χ2v) is 6.00. The van der Waals surface area contributed by atoms with Gasteiger partial charge in [-0.05, 0) is 18.1 Å². The predicted octanol–water partition coefficient (Wildman–Crippen LogP) is 2.61. The van der Waals surface area contributed by atoms with Crippen molar-refractivity contribution in [2.45, 2.75) is 32.1 Å². The van der Waals surface area contributed by atoms with E-state index >= 15 is 0 Å². The van der Waals surface area contributed by atoms with Crippen LogP contribution >= 0.6 is 0 Å². The number of rotatable bonds is 3. The zero-order chi connectivity index (χ0) is 16.7. The molecule has 0 saturated heterocycles. The lowest BCUT2D eigenvalue weighted by Gasteiger charge is -2.24. The van der Waals surface area contributed by atoms with Gasteiger partial charge in [-0.25, -0.2) is 9.50 Å². The van der Waals surface area contributed by atoms with Gasteiger partial charge in [-0.2, -0.15) is 4.98 Å². The van der Waals surface area contributed by atoms with E-state index in [0.717, 1.165) is 29.3 Å². The van der Waals surface area contributed by atoms with Crippen LogP contribution in [0.1, 0.15) is 46.7 Å². The van der Waals surface area contributed by atoms with Crippen LogP contribution in [0.4, 0.5) is 0 Å². The van der Waals surface area contributed by atoms with Crippen LogP contribution in [0.25, 0.3) is 5.78 Å². The predicted molar refractivity (Wildman–Crippen MR) is 88.5 cm³/mol. The molecule has 1 aliphatic carbocycles. The first-order valence-corrected chi connectivity index (χ1v) is 8.11. The molecule has 0 aliphatic heterocycles. The van der Waals surface area contributed by atoms with Crippen molar-refractivity contribution >= 4 is 11.6 Å². The van der Waals surface area contributed by atoms with Gasteiger partial charge in [0.25, 0.3) is 5.78 Å². The summed E-state index contributed by atoms with van der Waals surface area (Å²) in [6, 6.07) is 7.86. The molecule has 0 radical (unpaired) electrons. The number of ketones is 1. The van der Waals surface area contributed by atoms with Crippen LogP contribution < -0.4 is 4.74 Å². The molecule has 4 rings (SSSR count). The monoisotopic (exact) mass is 322 g/mol. The lowest BCUT2D eigenvalue weighted by Crippen LogP contribution is -2.21. The fourth-order valence-electron chi connectivity index (χ4n) is 3.30. The molecule has 0 amide bonds. The number of aromatic nitrogens is 4. The second kappa shape index (κ2) is 5.70. The number of fused-ring (bicyclic) bond motifs is 2. The Hall–Kier alpha value is -2.76. The van der Waals surface area contributed by atoms with Crippen molar-refractivity contribution in [3.05, 3.63) is 53.1 Å². The summed E-state index contributed by atoms with van der Waals surface area (Å²) < 4.78 is 7.06. The third kappa shape index (κ3) is 2.35. The molecule has 122 valence electrons. The van der Waals surface area contributed by atoms with E-state index in [1.165, 1.54) is 0 Å². The van der Waals surface area contributed by atoms with Crippen molar-refractivity contribution in [1.82, 2.24) is 19.6 Å². The van der Waals surface area contributed by atoms with Gasteiger partial charge < -0.3 is 4.74 Å². The number of hydrogen-bond acceptors (Lipinski definition) is 5. The van der Waals surface area contributed by atoms with Crippen LogP contribution in [-0.4, -0.2) is 32.5 Å². The summed E-state index contributed by atoms with van der Waals surface area (Å²) in [6.45, 7) is 2.00. The van der Waals surface area contributed by atoms with E-state index in [2.05, 4.69) is 15.1 Å². The number of carbonyl (C=O) groups is 1. The Balaban J connectivity index is 1.77. The quantitative estimate of drug-likeness (QED) is 0.741.